The van der Waals surface area contributed by atoms with Crippen molar-refractivity contribution in [1.29, 1.82) is 0 Å². The third-order valence-corrected chi connectivity index (χ3v) is 2.75. The second-order valence-electron chi connectivity index (χ2n) is 4.04. The van der Waals surface area contributed by atoms with Gasteiger partial charge in [0.2, 0.25) is 0 Å². The van der Waals surface area contributed by atoms with Gasteiger partial charge >= 0.3 is 12.0 Å². The molecule has 0 atom stereocenters. The second-order valence-corrected chi connectivity index (χ2v) is 4.76. The van der Waals surface area contributed by atoms with Gasteiger partial charge in [-0.05, 0) is 13.8 Å². The summed E-state index contributed by atoms with van der Waals surface area (Å²) in [6.45, 7) is 3.27. The van der Waals surface area contributed by atoms with Crippen molar-refractivity contribution in [3.8, 4) is 0 Å². The van der Waals surface area contributed by atoms with Gasteiger partial charge in [-0.15, -0.1) is 11.3 Å². The van der Waals surface area contributed by atoms with E-state index in [0.717, 1.165) is 5.69 Å². The summed E-state index contributed by atoms with van der Waals surface area (Å²) in [7, 11) is 0. The van der Waals surface area contributed by atoms with Crippen LogP contribution in [0.4, 0.5) is 4.79 Å². The lowest BCUT2D eigenvalue weighted by Crippen LogP contribution is -2.53. The fourth-order valence-corrected chi connectivity index (χ4v) is 1.64. The largest absolute Gasteiger partial charge is 0.480 e. The first-order valence-electron chi connectivity index (χ1n) is 5.08. The number of amides is 2. The molecule has 2 amide bonds. The molecule has 0 spiro atoms. The lowest BCUT2D eigenvalue weighted by atomic mass is 10.1. The minimum absolute atomic E-state index is 0.422. The predicted octanol–water partition coefficient (Wildman–Crippen LogP) is 0.848. The van der Waals surface area contributed by atoms with Crippen LogP contribution in [0.5, 0.6) is 0 Å². The monoisotopic (exact) mass is 257 g/mol. The van der Waals surface area contributed by atoms with Crippen LogP contribution in [0.2, 0.25) is 0 Å². The number of carbonyl (C=O) groups excluding carboxylic acids is 1. The van der Waals surface area contributed by atoms with Crippen molar-refractivity contribution < 1.29 is 14.7 Å². The molecule has 0 aliphatic heterocycles. The van der Waals surface area contributed by atoms with E-state index in [9.17, 15) is 9.59 Å². The summed E-state index contributed by atoms with van der Waals surface area (Å²) in [5, 5.41) is 15.7. The lowest BCUT2D eigenvalue weighted by Gasteiger charge is -2.21. The number of rotatable bonds is 5. The molecule has 0 bridgehead atoms. The number of carboxylic acid groups (broad SMARTS) is 1. The quantitative estimate of drug-likeness (QED) is 0.729. The van der Waals surface area contributed by atoms with Crippen LogP contribution in [0.1, 0.15) is 19.5 Å². The van der Waals surface area contributed by atoms with E-state index in [0.29, 0.717) is 13.0 Å². The number of nitrogens with one attached hydrogen (secondary N) is 2. The number of carboxylic acids is 1. The summed E-state index contributed by atoms with van der Waals surface area (Å²) >= 11 is 1.50. The summed E-state index contributed by atoms with van der Waals surface area (Å²) in [5.74, 6) is -1.08. The van der Waals surface area contributed by atoms with Gasteiger partial charge in [0.1, 0.15) is 5.54 Å². The van der Waals surface area contributed by atoms with E-state index in [1.807, 2.05) is 5.38 Å². The molecule has 17 heavy (non-hydrogen) atoms. The van der Waals surface area contributed by atoms with E-state index in [4.69, 9.17) is 5.11 Å². The molecule has 1 aromatic rings. The highest BCUT2D eigenvalue weighted by Gasteiger charge is 2.28. The van der Waals surface area contributed by atoms with Gasteiger partial charge in [0.15, 0.2) is 0 Å². The van der Waals surface area contributed by atoms with E-state index < -0.39 is 17.5 Å². The Morgan fingerprint density at radius 1 is 1.53 bits per heavy atom. The maximum Gasteiger partial charge on any atom is 0.328 e. The molecule has 0 saturated carbocycles. The van der Waals surface area contributed by atoms with Crippen LogP contribution in [0.3, 0.4) is 0 Å². The Morgan fingerprint density at radius 2 is 2.24 bits per heavy atom. The molecule has 0 aliphatic rings. The molecule has 0 fully saturated rings. The maximum atomic E-state index is 11.4. The molecule has 1 rings (SSSR count). The van der Waals surface area contributed by atoms with Crippen molar-refractivity contribution >= 4 is 23.3 Å². The molecule has 0 radical (unpaired) electrons. The zero-order valence-electron chi connectivity index (χ0n) is 9.69. The molecule has 0 aromatic carbocycles. The Morgan fingerprint density at radius 3 is 2.76 bits per heavy atom. The molecular formula is C10H15N3O3S. The van der Waals surface area contributed by atoms with Crippen molar-refractivity contribution in [2.75, 3.05) is 6.54 Å². The Hall–Kier alpha value is -1.63. The fraction of sp³-hybridized carbons (Fsp3) is 0.500. The molecule has 0 aliphatic carbocycles. The van der Waals surface area contributed by atoms with Gasteiger partial charge in [0.25, 0.3) is 0 Å². The first kappa shape index (κ1) is 13.4. The Kier molecular flexibility index (Phi) is 4.45. The Bertz CT molecular complexity index is 390. The highest BCUT2D eigenvalue weighted by molar-refractivity contribution is 7.07. The summed E-state index contributed by atoms with van der Waals surface area (Å²) in [5.41, 5.74) is 1.36. The van der Waals surface area contributed by atoms with Crippen molar-refractivity contribution in [2.45, 2.75) is 25.8 Å². The number of hydrogen-bond donors (Lipinski definition) is 3. The van der Waals surface area contributed by atoms with Gasteiger partial charge in [-0.1, -0.05) is 0 Å². The zero-order chi connectivity index (χ0) is 12.9. The number of nitrogens with zero attached hydrogens (tertiary/aromatic N) is 1. The Balaban J connectivity index is 2.28. The molecule has 7 heteroatoms. The number of hydrogen-bond acceptors (Lipinski definition) is 4. The van der Waals surface area contributed by atoms with E-state index in [1.54, 1.807) is 5.51 Å². The van der Waals surface area contributed by atoms with Crippen LogP contribution in [0.15, 0.2) is 10.9 Å². The first-order valence-corrected chi connectivity index (χ1v) is 6.02. The van der Waals surface area contributed by atoms with Crippen LogP contribution in [-0.4, -0.2) is 34.2 Å². The maximum absolute atomic E-state index is 11.4. The van der Waals surface area contributed by atoms with Gasteiger partial charge in [-0.2, -0.15) is 0 Å². The van der Waals surface area contributed by atoms with Crippen molar-refractivity contribution in [2.24, 2.45) is 0 Å². The predicted molar refractivity (Wildman–Crippen MR) is 64.1 cm³/mol. The minimum Gasteiger partial charge on any atom is -0.480 e. The minimum atomic E-state index is -1.27. The molecule has 1 heterocycles. The number of aromatic nitrogens is 1. The molecule has 1 aromatic heterocycles. The van der Waals surface area contributed by atoms with Crippen molar-refractivity contribution in [3.05, 3.63) is 16.6 Å². The second kappa shape index (κ2) is 5.62. The van der Waals surface area contributed by atoms with Crippen LogP contribution in [-0.2, 0) is 11.2 Å². The molecule has 0 saturated heterocycles. The highest BCUT2D eigenvalue weighted by Crippen LogP contribution is 2.02. The fourth-order valence-electron chi connectivity index (χ4n) is 1.05. The average Bonchev–Trinajstić information content (AvgIpc) is 2.69. The lowest BCUT2D eigenvalue weighted by molar-refractivity contribution is -0.142. The standard InChI is InChI=1S/C10H15N3O3S/c1-10(2,8(14)15)13-9(16)11-4-3-7-5-17-6-12-7/h5-6H,3-4H2,1-2H3,(H,14,15)(H2,11,13,16). The van der Waals surface area contributed by atoms with Crippen LogP contribution in [0, 0.1) is 0 Å². The van der Waals surface area contributed by atoms with Gasteiger partial charge in [-0.3, -0.25) is 0 Å². The van der Waals surface area contributed by atoms with Crippen molar-refractivity contribution in [3.63, 3.8) is 0 Å². The third-order valence-electron chi connectivity index (χ3n) is 2.11. The third kappa shape index (κ3) is 4.39. The van der Waals surface area contributed by atoms with Crippen molar-refractivity contribution in [1.82, 2.24) is 15.6 Å². The molecule has 0 unspecified atom stereocenters. The number of aliphatic carboxylic acids is 1. The SMILES string of the molecule is CC(C)(NC(=O)NCCc1cscn1)C(=O)O. The number of thiazole rings is 1. The first-order chi connectivity index (χ1) is 7.92. The van der Waals surface area contributed by atoms with E-state index in [1.165, 1.54) is 25.2 Å². The van der Waals surface area contributed by atoms with Gasteiger partial charge in [0.05, 0.1) is 11.2 Å². The zero-order valence-corrected chi connectivity index (χ0v) is 10.5. The van der Waals surface area contributed by atoms with Gasteiger partial charge in [-0.25, -0.2) is 14.6 Å². The number of urea groups is 1. The van der Waals surface area contributed by atoms with E-state index >= 15 is 0 Å². The molecule has 3 N–H and O–H groups in total. The summed E-state index contributed by atoms with van der Waals surface area (Å²) in [4.78, 5) is 26.2. The summed E-state index contributed by atoms with van der Waals surface area (Å²) in [6, 6.07) is -0.493. The topological polar surface area (TPSA) is 91.3 Å². The molecular weight excluding hydrogens is 242 g/mol. The smallest absolute Gasteiger partial charge is 0.328 e. The van der Waals surface area contributed by atoms with E-state index in [2.05, 4.69) is 15.6 Å². The summed E-state index contributed by atoms with van der Waals surface area (Å²) in [6.07, 6.45) is 0.629. The molecule has 6 nitrogen and oxygen atoms in total. The number of carbonyl (C=O) groups is 2. The van der Waals surface area contributed by atoms with Crippen LogP contribution < -0.4 is 10.6 Å². The molecule has 94 valence electrons. The normalized spacial score (nSPS) is 10.9. The Labute approximate surface area is 103 Å². The highest BCUT2D eigenvalue weighted by atomic mass is 32.1. The van der Waals surface area contributed by atoms with Gasteiger partial charge < -0.3 is 15.7 Å². The van der Waals surface area contributed by atoms with Gasteiger partial charge in [0, 0.05) is 18.3 Å². The van der Waals surface area contributed by atoms with Crippen LogP contribution in [0.25, 0.3) is 0 Å². The van der Waals surface area contributed by atoms with E-state index in [-0.39, 0.29) is 0 Å². The summed E-state index contributed by atoms with van der Waals surface area (Å²) < 4.78 is 0. The van der Waals surface area contributed by atoms with Crippen LogP contribution >= 0.6 is 11.3 Å². The average molecular weight is 257 g/mol.